The summed E-state index contributed by atoms with van der Waals surface area (Å²) in [5.41, 5.74) is 7.47. The number of primary amides is 1. The SMILES string of the molecule is CNC(CCOc1cc(C)ccc1C)C(N)=O. The summed E-state index contributed by atoms with van der Waals surface area (Å²) in [6, 6.07) is 5.73. The molecule has 1 aromatic carbocycles. The number of nitrogens with one attached hydrogen (secondary N) is 1. The number of benzene rings is 1. The molecule has 0 fully saturated rings. The monoisotopic (exact) mass is 236 g/mol. The van der Waals surface area contributed by atoms with Gasteiger partial charge in [0.25, 0.3) is 0 Å². The minimum atomic E-state index is -0.350. The molecule has 4 nitrogen and oxygen atoms in total. The third-order valence-electron chi connectivity index (χ3n) is 2.70. The maximum atomic E-state index is 11.0. The fraction of sp³-hybridized carbons (Fsp3) is 0.462. The molecule has 1 rings (SSSR count). The Balaban J connectivity index is 2.50. The number of hydrogen-bond acceptors (Lipinski definition) is 3. The molecule has 0 bridgehead atoms. The summed E-state index contributed by atoms with van der Waals surface area (Å²) >= 11 is 0. The number of aryl methyl sites for hydroxylation is 2. The van der Waals surface area contributed by atoms with Crippen molar-refractivity contribution in [1.29, 1.82) is 0 Å². The molecule has 1 amide bonds. The van der Waals surface area contributed by atoms with Crippen LogP contribution in [0.25, 0.3) is 0 Å². The summed E-state index contributed by atoms with van der Waals surface area (Å²) in [4.78, 5) is 11.0. The van der Waals surface area contributed by atoms with Gasteiger partial charge in [-0.1, -0.05) is 12.1 Å². The molecule has 0 saturated carbocycles. The number of amides is 1. The van der Waals surface area contributed by atoms with Crippen molar-refractivity contribution in [3.63, 3.8) is 0 Å². The van der Waals surface area contributed by atoms with Crippen LogP contribution < -0.4 is 15.8 Å². The third-order valence-corrected chi connectivity index (χ3v) is 2.70. The van der Waals surface area contributed by atoms with Gasteiger partial charge in [-0.2, -0.15) is 0 Å². The van der Waals surface area contributed by atoms with Gasteiger partial charge in [0.05, 0.1) is 12.6 Å². The molecule has 0 saturated heterocycles. The van der Waals surface area contributed by atoms with Crippen molar-refractivity contribution < 1.29 is 9.53 Å². The normalized spacial score (nSPS) is 12.2. The first-order valence-electron chi connectivity index (χ1n) is 5.71. The van der Waals surface area contributed by atoms with Gasteiger partial charge in [-0.3, -0.25) is 4.79 Å². The van der Waals surface area contributed by atoms with Gasteiger partial charge in [0.15, 0.2) is 0 Å². The molecule has 0 aromatic heterocycles. The van der Waals surface area contributed by atoms with E-state index in [9.17, 15) is 4.79 Å². The quantitative estimate of drug-likeness (QED) is 0.778. The fourth-order valence-corrected chi connectivity index (χ4v) is 1.58. The molecule has 1 atom stereocenters. The van der Waals surface area contributed by atoms with E-state index in [1.807, 2.05) is 32.0 Å². The van der Waals surface area contributed by atoms with Crippen LogP contribution in [0.15, 0.2) is 18.2 Å². The molecule has 4 heteroatoms. The number of rotatable bonds is 6. The van der Waals surface area contributed by atoms with E-state index in [1.165, 1.54) is 0 Å². The largest absolute Gasteiger partial charge is 0.493 e. The summed E-state index contributed by atoms with van der Waals surface area (Å²) in [6.45, 7) is 4.49. The van der Waals surface area contributed by atoms with Gasteiger partial charge in [-0.05, 0) is 38.1 Å². The molecule has 0 aliphatic rings. The molecular formula is C13H20N2O2. The molecule has 0 spiro atoms. The highest BCUT2D eigenvalue weighted by Crippen LogP contribution is 2.19. The van der Waals surface area contributed by atoms with Crippen LogP contribution in [-0.2, 0) is 4.79 Å². The lowest BCUT2D eigenvalue weighted by atomic mass is 10.1. The Bertz CT molecular complexity index is 391. The fourth-order valence-electron chi connectivity index (χ4n) is 1.58. The van der Waals surface area contributed by atoms with Crippen molar-refractivity contribution in [3.8, 4) is 5.75 Å². The second-order valence-electron chi connectivity index (χ2n) is 4.15. The number of likely N-dealkylation sites (N-methyl/N-ethyl adjacent to an activating group) is 1. The van der Waals surface area contributed by atoms with Gasteiger partial charge in [0.1, 0.15) is 5.75 Å². The van der Waals surface area contributed by atoms with Crippen molar-refractivity contribution >= 4 is 5.91 Å². The Morgan fingerprint density at radius 2 is 2.18 bits per heavy atom. The molecule has 0 heterocycles. The average Bonchev–Trinajstić information content (AvgIpc) is 2.28. The lowest BCUT2D eigenvalue weighted by molar-refractivity contribution is -0.120. The van der Waals surface area contributed by atoms with Crippen LogP contribution in [0.2, 0.25) is 0 Å². The average molecular weight is 236 g/mol. The lowest BCUT2D eigenvalue weighted by Gasteiger charge is -2.14. The topological polar surface area (TPSA) is 64.3 Å². The minimum absolute atomic E-state index is 0.333. The lowest BCUT2D eigenvalue weighted by Crippen LogP contribution is -2.40. The van der Waals surface area contributed by atoms with Crippen LogP contribution in [-0.4, -0.2) is 25.6 Å². The molecule has 94 valence electrons. The van der Waals surface area contributed by atoms with Gasteiger partial charge in [-0.15, -0.1) is 0 Å². The van der Waals surface area contributed by atoms with Crippen LogP contribution in [0.4, 0.5) is 0 Å². The molecular weight excluding hydrogens is 216 g/mol. The zero-order valence-corrected chi connectivity index (χ0v) is 10.6. The number of hydrogen-bond donors (Lipinski definition) is 2. The second kappa shape index (κ2) is 6.25. The van der Waals surface area contributed by atoms with Crippen molar-refractivity contribution in [2.75, 3.05) is 13.7 Å². The first kappa shape index (κ1) is 13.5. The van der Waals surface area contributed by atoms with Crippen molar-refractivity contribution in [1.82, 2.24) is 5.32 Å². The number of carbonyl (C=O) groups excluding carboxylic acids is 1. The molecule has 3 N–H and O–H groups in total. The first-order valence-corrected chi connectivity index (χ1v) is 5.71. The zero-order valence-electron chi connectivity index (χ0n) is 10.6. The Labute approximate surface area is 102 Å². The minimum Gasteiger partial charge on any atom is -0.493 e. The third kappa shape index (κ3) is 4.07. The van der Waals surface area contributed by atoms with E-state index < -0.39 is 0 Å². The standard InChI is InChI=1S/C13H20N2O2/c1-9-4-5-10(2)12(8-9)17-7-6-11(15-3)13(14)16/h4-5,8,11,15H,6-7H2,1-3H3,(H2,14,16). The summed E-state index contributed by atoms with van der Waals surface area (Å²) in [5.74, 6) is 0.515. The summed E-state index contributed by atoms with van der Waals surface area (Å²) in [7, 11) is 1.72. The molecule has 0 aliphatic carbocycles. The number of nitrogens with two attached hydrogens (primary N) is 1. The van der Waals surface area contributed by atoms with Crippen molar-refractivity contribution in [2.45, 2.75) is 26.3 Å². The summed E-state index contributed by atoms with van der Waals surface area (Å²) < 4.78 is 5.65. The van der Waals surface area contributed by atoms with E-state index in [4.69, 9.17) is 10.5 Å². The molecule has 17 heavy (non-hydrogen) atoms. The maximum Gasteiger partial charge on any atom is 0.234 e. The van der Waals surface area contributed by atoms with Gasteiger partial charge < -0.3 is 15.8 Å². The van der Waals surface area contributed by atoms with E-state index in [2.05, 4.69) is 5.32 Å². The van der Waals surface area contributed by atoms with Crippen LogP contribution in [0.1, 0.15) is 17.5 Å². The van der Waals surface area contributed by atoms with Gasteiger partial charge in [0, 0.05) is 6.42 Å². The van der Waals surface area contributed by atoms with Crippen LogP contribution >= 0.6 is 0 Å². The second-order valence-corrected chi connectivity index (χ2v) is 4.15. The van der Waals surface area contributed by atoms with Gasteiger partial charge >= 0.3 is 0 Å². The van der Waals surface area contributed by atoms with Gasteiger partial charge in [-0.25, -0.2) is 0 Å². The van der Waals surface area contributed by atoms with Crippen LogP contribution in [0.5, 0.6) is 5.75 Å². The molecule has 0 aliphatic heterocycles. The van der Waals surface area contributed by atoms with E-state index >= 15 is 0 Å². The van der Waals surface area contributed by atoms with E-state index in [0.717, 1.165) is 16.9 Å². The van der Waals surface area contributed by atoms with Crippen molar-refractivity contribution in [2.24, 2.45) is 5.73 Å². The Kier molecular flexibility index (Phi) is 4.97. The molecule has 1 unspecified atom stereocenters. The first-order chi connectivity index (χ1) is 8.04. The predicted octanol–water partition coefficient (Wildman–Crippen LogP) is 1.15. The highest BCUT2D eigenvalue weighted by atomic mass is 16.5. The Hall–Kier alpha value is -1.55. The van der Waals surface area contributed by atoms with E-state index in [0.29, 0.717) is 13.0 Å². The highest BCUT2D eigenvalue weighted by Gasteiger charge is 2.12. The predicted molar refractivity (Wildman–Crippen MR) is 68.1 cm³/mol. The highest BCUT2D eigenvalue weighted by molar-refractivity contribution is 5.79. The molecule has 1 aromatic rings. The Morgan fingerprint density at radius 1 is 1.47 bits per heavy atom. The van der Waals surface area contributed by atoms with Crippen LogP contribution in [0, 0.1) is 13.8 Å². The van der Waals surface area contributed by atoms with E-state index in [1.54, 1.807) is 7.05 Å². The van der Waals surface area contributed by atoms with Crippen LogP contribution in [0.3, 0.4) is 0 Å². The number of carbonyl (C=O) groups is 1. The summed E-state index contributed by atoms with van der Waals surface area (Å²) in [6.07, 6.45) is 0.569. The smallest absolute Gasteiger partial charge is 0.234 e. The van der Waals surface area contributed by atoms with E-state index in [-0.39, 0.29) is 11.9 Å². The molecule has 0 radical (unpaired) electrons. The zero-order chi connectivity index (χ0) is 12.8. The Morgan fingerprint density at radius 3 is 2.76 bits per heavy atom. The van der Waals surface area contributed by atoms with Gasteiger partial charge in [0.2, 0.25) is 5.91 Å². The maximum absolute atomic E-state index is 11.0. The van der Waals surface area contributed by atoms with Crippen molar-refractivity contribution in [3.05, 3.63) is 29.3 Å². The number of ether oxygens (including phenoxy) is 1. The summed E-state index contributed by atoms with van der Waals surface area (Å²) in [5, 5.41) is 2.86.